The number of aliphatic hydroxyl groups is 1. The Labute approximate surface area is 148 Å². The summed E-state index contributed by atoms with van der Waals surface area (Å²) in [4.78, 5) is 10.9. The maximum atomic E-state index is 9.25. The van der Waals surface area contributed by atoms with Crippen molar-refractivity contribution >= 4 is 5.69 Å². The van der Waals surface area contributed by atoms with Crippen molar-refractivity contribution in [2.24, 2.45) is 5.92 Å². The molecule has 2 heterocycles. The molecule has 0 aliphatic carbocycles. The van der Waals surface area contributed by atoms with Gasteiger partial charge in [-0.3, -0.25) is 9.88 Å². The molecule has 2 N–H and O–H groups in total. The van der Waals surface area contributed by atoms with E-state index in [4.69, 9.17) is 4.74 Å². The number of methoxy groups -OCH3 is 1. The van der Waals surface area contributed by atoms with Crippen LogP contribution in [-0.4, -0.2) is 46.8 Å². The predicted octanol–water partition coefficient (Wildman–Crippen LogP) is 2.30. The molecule has 1 aromatic carbocycles. The van der Waals surface area contributed by atoms with Crippen LogP contribution < -0.4 is 10.1 Å². The molecule has 0 atom stereocenters. The standard InChI is InChI=1S/C19H26N4O2/c1-25-19-18(20-7-8-21-19)12-22-17-4-2-3-16(11-17)13-23-9-5-15(14-24)6-10-23/h2-4,7-8,11,15,22,24H,5-6,9-10,12-14H2,1H3. The van der Waals surface area contributed by atoms with Crippen LogP contribution in [0.4, 0.5) is 5.69 Å². The van der Waals surface area contributed by atoms with Gasteiger partial charge in [-0.2, -0.15) is 0 Å². The Hall–Kier alpha value is -2.18. The van der Waals surface area contributed by atoms with Gasteiger partial charge in [0.1, 0.15) is 5.69 Å². The van der Waals surface area contributed by atoms with Gasteiger partial charge in [-0.15, -0.1) is 0 Å². The lowest BCUT2D eigenvalue weighted by Gasteiger charge is -2.31. The first-order valence-electron chi connectivity index (χ1n) is 8.78. The summed E-state index contributed by atoms with van der Waals surface area (Å²) < 4.78 is 5.24. The third-order valence-electron chi connectivity index (χ3n) is 4.69. The molecule has 1 aliphatic heterocycles. The van der Waals surface area contributed by atoms with Crippen LogP contribution in [0.2, 0.25) is 0 Å². The van der Waals surface area contributed by atoms with E-state index in [0.717, 1.165) is 43.9 Å². The number of benzene rings is 1. The van der Waals surface area contributed by atoms with Gasteiger partial charge in [0.15, 0.2) is 0 Å². The number of nitrogens with zero attached hydrogens (tertiary/aromatic N) is 3. The van der Waals surface area contributed by atoms with E-state index in [2.05, 4.69) is 44.5 Å². The lowest BCUT2D eigenvalue weighted by Crippen LogP contribution is -2.34. The fourth-order valence-corrected chi connectivity index (χ4v) is 3.20. The number of piperidine rings is 1. The maximum absolute atomic E-state index is 9.25. The van der Waals surface area contributed by atoms with Gasteiger partial charge in [-0.1, -0.05) is 12.1 Å². The Bertz CT molecular complexity index is 672. The lowest BCUT2D eigenvalue weighted by molar-refractivity contribution is 0.127. The van der Waals surface area contributed by atoms with Crippen molar-refractivity contribution in [1.29, 1.82) is 0 Å². The lowest BCUT2D eigenvalue weighted by atomic mass is 9.97. The summed E-state index contributed by atoms with van der Waals surface area (Å²) in [6, 6.07) is 8.48. The largest absolute Gasteiger partial charge is 0.480 e. The van der Waals surface area contributed by atoms with Crippen molar-refractivity contribution in [2.45, 2.75) is 25.9 Å². The predicted molar refractivity (Wildman–Crippen MR) is 97.4 cm³/mol. The molecule has 6 heteroatoms. The summed E-state index contributed by atoms with van der Waals surface area (Å²) >= 11 is 0. The molecule has 0 spiro atoms. The molecule has 134 valence electrons. The highest BCUT2D eigenvalue weighted by molar-refractivity contribution is 5.46. The van der Waals surface area contributed by atoms with E-state index in [1.54, 1.807) is 19.5 Å². The van der Waals surface area contributed by atoms with Crippen molar-refractivity contribution in [2.75, 3.05) is 32.1 Å². The number of likely N-dealkylation sites (tertiary alicyclic amines) is 1. The molecular formula is C19H26N4O2. The van der Waals surface area contributed by atoms with Crippen molar-refractivity contribution in [3.63, 3.8) is 0 Å². The molecule has 0 saturated carbocycles. The maximum Gasteiger partial charge on any atom is 0.237 e. The van der Waals surface area contributed by atoms with Crippen LogP contribution >= 0.6 is 0 Å². The number of anilines is 1. The minimum Gasteiger partial charge on any atom is -0.480 e. The van der Waals surface area contributed by atoms with Crippen LogP contribution in [0.5, 0.6) is 5.88 Å². The first-order valence-corrected chi connectivity index (χ1v) is 8.78. The van der Waals surface area contributed by atoms with Gasteiger partial charge in [0.05, 0.1) is 13.7 Å². The number of hydrogen-bond acceptors (Lipinski definition) is 6. The summed E-state index contributed by atoms with van der Waals surface area (Å²) in [5.74, 6) is 1.03. The molecule has 6 nitrogen and oxygen atoms in total. The third-order valence-corrected chi connectivity index (χ3v) is 4.69. The Balaban J connectivity index is 1.56. The molecule has 25 heavy (non-hydrogen) atoms. The monoisotopic (exact) mass is 342 g/mol. The summed E-state index contributed by atoms with van der Waals surface area (Å²) in [5, 5.41) is 12.6. The molecule has 0 unspecified atom stereocenters. The zero-order valence-electron chi connectivity index (χ0n) is 14.7. The Morgan fingerprint density at radius 2 is 2.04 bits per heavy atom. The van der Waals surface area contributed by atoms with Crippen molar-refractivity contribution < 1.29 is 9.84 Å². The first-order chi connectivity index (χ1) is 12.3. The summed E-state index contributed by atoms with van der Waals surface area (Å²) in [6.07, 6.45) is 5.47. The molecule has 0 bridgehead atoms. The van der Waals surface area contributed by atoms with Gasteiger partial charge in [0.25, 0.3) is 0 Å². The smallest absolute Gasteiger partial charge is 0.237 e. The average Bonchev–Trinajstić information content (AvgIpc) is 2.67. The van der Waals surface area contributed by atoms with E-state index in [1.165, 1.54) is 5.56 Å². The fourth-order valence-electron chi connectivity index (χ4n) is 3.20. The van der Waals surface area contributed by atoms with Crippen molar-refractivity contribution in [3.8, 4) is 5.88 Å². The van der Waals surface area contributed by atoms with E-state index in [0.29, 0.717) is 24.9 Å². The molecule has 0 amide bonds. The number of aliphatic hydroxyl groups excluding tert-OH is 1. The molecule has 1 fully saturated rings. The van der Waals surface area contributed by atoms with Gasteiger partial charge in [-0.25, -0.2) is 4.98 Å². The highest BCUT2D eigenvalue weighted by atomic mass is 16.5. The summed E-state index contributed by atoms with van der Waals surface area (Å²) in [6.45, 7) is 3.95. The van der Waals surface area contributed by atoms with Crippen LogP contribution in [0, 0.1) is 5.92 Å². The summed E-state index contributed by atoms with van der Waals surface area (Å²) in [7, 11) is 1.61. The number of ether oxygens (including phenoxy) is 1. The first kappa shape index (κ1) is 17.6. The summed E-state index contributed by atoms with van der Waals surface area (Å²) in [5.41, 5.74) is 3.15. The number of nitrogens with one attached hydrogen (secondary N) is 1. The van der Waals surface area contributed by atoms with Crippen LogP contribution in [0.25, 0.3) is 0 Å². The molecule has 1 aliphatic rings. The molecular weight excluding hydrogens is 316 g/mol. The minimum absolute atomic E-state index is 0.319. The van der Waals surface area contributed by atoms with E-state index in [1.807, 2.05) is 0 Å². The fraction of sp³-hybridized carbons (Fsp3) is 0.474. The van der Waals surface area contributed by atoms with E-state index >= 15 is 0 Å². The molecule has 1 aromatic heterocycles. The van der Waals surface area contributed by atoms with Crippen LogP contribution in [0.1, 0.15) is 24.1 Å². The second-order valence-electron chi connectivity index (χ2n) is 6.47. The SMILES string of the molecule is COc1nccnc1CNc1cccc(CN2CCC(CO)CC2)c1. The third kappa shape index (κ3) is 4.90. The van der Waals surface area contributed by atoms with Gasteiger partial charge < -0.3 is 15.2 Å². The second kappa shape index (κ2) is 8.78. The molecule has 3 rings (SSSR count). The topological polar surface area (TPSA) is 70.5 Å². The van der Waals surface area contributed by atoms with Crippen molar-refractivity contribution in [3.05, 3.63) is 47.9 Å². The van der Waals surface area contributed by atoms with Gasteiger partial charge in [0.2, 0.25) is 5.88 Å². The molecule has 1 saturated heterocycles. The van der Waals surface area contributed by atoms with Gasteiger partial charge in [-0.05, 0) is 49.5 Å². The zero-order valence-corrected chi connectivity index (χ0v) is 14.7. The Morgan fingerprint density at radius 3 is 2.80 bits per heavy atom. The molecule has 0 radical (unpaired) electrons. The highest BCUT2D eigenvalue weighted by Crippen LogP contribution is 2.20. The van der Waals surface area contributed by atoms with Crippen LogP contribution in [0.15, 0.2) is 36.7 Å². The Morgan fingerprint density at radius 1 is 1.24 bits per heavy atom. The quantitative estimate of drug-likeness (QED) is 0.805. The average molecular weight is 342 g/mol. The number of hydrogen-bond donors (Lipinski definition) is 2. The van der Waals surface area contributed by atoms with E-state index < -0.39 is 0 Å². The van der Waals surface area contributed by atoms with E-state index in [-0.39, 0.29) is 0 Å². The minimum atomic E-state index is 0.319. The van der Waals surface area contributed by atoms with Crippen LogP contribution in [-0.2, 0) is 13.1 Å². The Kier molecular flexibility index (Phi) is 6.19. The molecule has 2 aromatic rings. The van der Waals surface area contributed by atoms with Crippen LogP contribution in [0.3, 0.4) is 0 Å². The normalized spacial score (nSPS) is 15.9. The van der Waals surface area contributed by atoms with Gasteiger partial charge in [0, 0.05) is 31.2 Å². The van der Waals surface area contributed by atoms with Gasteiger partial charge >= 0.3 is 0 Å². The zero-order chi connectivity index (χ0) is 17.5. The second-order valence-corrected chi connectivity index (χ2v) is 6.47. The van der Waals surface area contributed by atoms with Crippen molar-refractivity contribution in [1.82, 2.24) is 14.9 Å². The number of rotatable bonds is 7. The number of aromatic nitrogens is 2. The van der Waals surface area contributed by atoms with E-state index in [9.17, 15) is 5.11 Å². The highest BCUT2D eigenvalue weighted by Gasteiger charge is 2.18.